The molecule has 0 saturated carbocycles. The van der Waals surface area contributed by atoms with Gasteiger partial charge in [-0.2, -0.15) is 0 Å². The molecule has 5 nitrogen and oxygen atoms in total. The summed E-state index contributed by atoms with van der Waals surface area (Å²) >= 11 is 0. The largest absolute Gasteiger partial charge is 0.494 e. The van der Waals surface area contributed by atoms with Crippen LogP contribution < -0.4 is 10.1 Å². The summed E-state index contributed by atoms with van der Waals surface area (Å²) in [7, 11) is 0. The second kappa shape index (κ2) is 7.88. The van der Waals surface area contributed by atoms with E-state index in [2.05, 4.69) is 5.32 Å². The first-order chi connectivity index (χ1) is 10.2. The monoisotopic (exact) mass is 292 g/mol. The normalized spacial score (nSPS) is 15.8. The number of ether oxygens (including phenoxy) is 1. The van der Waals surface area contributed by atoms with Gasteiger partial charge in [-0.1, -0.05) is 18.2 Å². The number of piperidine rings is 1. The highest BCUT2D eigenvalue weighted by atomic mass is 16.5. The quantitative estimate of drug-likeness (QED) is 0.872. The minimum Gasteiger partial charge on any atom is -0.494 e. The van der Waals surface area contributed by atoms with Gasteiger partial charge in [0.25, 0.3) is 0 Å². The first-order valence-corrected chi connectivity index (χ1v) is 7.59. The number of hydrogen-bond donors (Lipinski definition) is 2. The fraction of sp³-hybridized carbons (Fsp3) is 0.562. The number of carbonyl (C=O) groups is 1. The minimum absolute atomic E-state index is 0.0438. The van der Waals surface area contributed by atoms with E-state index in [1.807, 2.05) is 36.1 Å². The van der Waals surface area contributed by atoms with Crippen molar-refractivity contribution >= 4 is 6.03 Å². The number of amides is 2. The first kappa shape index (κ1) is 15.6. The zero-order chi connectivity index (χ0) is 15.1. The molecule has 0 atom stereocenters. The number of likely N-dealkylation sites (tertiary alicyclic amines) is 1. The maximum Gasteiger partial charge on any atom is 0.317 e. The molecular weight excluding hydrogens is 268 g/mol. The summed E-state index contributed by atoms with van der Waals surface area (Å²) in [5, 5.41) is 12.1. The molecule has 0 aliphatic carbocycles. The van der Waals surface area contributed by atoms with E-state index in [0.29, 0.717) is 32.2 Å². The van der Waals surface area contributed by atoms with E-state index in [9.17, 15) is 4.79 Å². The summed E-state index contributed by atoms with van der Waals surface area (Å²) in [5.74, 6) is 1.16. The SMILES string of the molecule is CCOc1ccccc1CNC(=O)N1CCC(CO)CC1. The van der Waals surface area contributed by atoms with Gasteiger partial charge < -0.3 is 20.1 Å². The average molecular weight is 292 g/mol. The van der Waals surface area contributed by atoms with Gasteiger partial charge in [0.2, 0.25) is 0 Å². The Morgan fingerprint density at radius 3 is 2.76 bits per heavy atom. The number of nitrogens with zero attached hydrogens (tertiary/aromatic N) is 1. The fourth-order valence-corrected chi connectivity index (χ4v) is 2.55. The van der Waals surface area contributed by atoms with Crippen molar-refractivity contribution in [3.05, 3.63) is 29.8 Å². The summed E-state index contributed by atoms with van der Waals surface area (Å²) in [6.07, 6.45) is 1.75. The Bertz CT molecular complexity index is 457. The summed E-state index contributed by atoms with van der Waals surface area (Å²) < 4.78 is 5.55. The van der Waals surface area contributed by atoms with E-state index in [0.717, 1.165) is 24.2 Å². The minimum atomic E-state index is -0.0438. The van der Waals surface area contributed by atoms with Crippen LogP contribution in [-0.2, 0) is 6.54 Å². The maximum absolute atomic E-state index is 12.1. The second-order valence-corrected chi connectivity index (χ2v) is 5.31. The van der Waals surface area contributed by atoms with Gasteiger partial charge in [0, 0.05) is 31.8 Å². The van der Waals surface area contributed by atoms with Crippen LogP contribution in [0.5, 0.6) is 5.75 Å². The molecule has 1 heterocycles. The molecule has 1 aromatic rings. The third kappa shape index (κ3) is 4.36. The van der Waals surface area contributed by atoms with Crippen LogP contribution in [0.1, 0.15) is 25.3 Å². The number of benzene rings is 1. The summed E-state index contributed by atoms with van der Waals surface area (Å²) in [6, 6.07) is 7.70. The average Bonchev–Trinajstić information content (AvgIpc) is 2.54. The third-order valence-electron chi connectivity index (χ3n) is 3.86. The van der Waals surface area contributed by atoms with Gasteiger partial charge in [0.05, 0.1) is 6.61 Å². The van der Waals surface area contributed by atoms with Gasteiger partial charge in [-0.3, -0.25) is 0 Å². The Labute approximate surface area is 125 Å². The lowest BCUT2D eigenvalue weighted by atomic mass is 9.98. The van der Waals surface area contributed by atoms with Crippen LogP contribution in [0.25, 0.3) is 0 Å². The highest BCUT2D eigenvalue weighted by molar-refractivity contribution is 5.74. The van der Waals surface area contributed by atoms with Crippen LogP contribution in [0.15, 0.2) is 24.3 Å². The summed E-state index contributed by atoms with van der Waals surface area (Å²) in [5.41, 5.74) is 0.984. The molecule has 1 aromatic carbocycles. The molecule has 1 fully saturated rings. The highest BCUT2D eigenvalue weighted by Crippen LogP contribution is 2.19. The number of carbonyl (C=O) groups excluding carboxylic acids is 1. The molecule has 1 saturated heterocycles. The molecule has 1 aliphatic heterocycles. The van der Waals surface area contributed by atoms with E-state index in [1.165, 1.54) is 0 Å². The third-order valence-corrected chi connectivity index (χ3v) is 3.86. The van der Waals surface area contributed by atoms with Crippen molar-refractivity contribution in [1.29, 1.82) is 0 Å². The van der Waals surface area contributed by atoms with Crippen molar-refractivity contribution in [2.45, 2.75) is 26.3 Å². The molecule has 0 spiro atoms. The van der Waals surface area contributed by atoms with E-state index in [4.69, 9.17) is 9.84 Å². The first-order valence-electron chi connectivity index (χ1n) is 7.59. The predicted octanol–water partition coefficient (Wildman–Crippen LogP) is 2.00. The maximum atomic E-state index is 12.1. The molecule has 2 rings (SSSR count). The van der Waals surface area contributed by atoms with Crippen molar-refractivity contribution < 1.29 is 14.6 Å². The van der Waals surface area contributed by atoms with Gasteiger partial charge in [0.1, 0.15) is 5.75 Å². The van der Waals surface area contributed by atoms with E-state index >= 15 is 0 Å². The lowest BCUT2D eigenvalue weighted by Gasteiger charge is -2.31. The smallest absolute Gasteiger partial charge is 0.317 e. The van der Waals surface area contributed by atoms with Crippen LogP contribution in [0.4, 0.5) is 4.79 Å². The van der Waals surface area contributed by atoms with Gasteiger partial charge >= 0.3 is 6.03 Å². The Balaban J connectivity index is 1.84. The van der Waals surface area contributed by atoms with E-state index in [1.54, 1.807) is 0 Å². The van der Waals surface area contributed by atoms with Crippen LogP contribution in [0.2, 0.25) is 0 Å². The molecule has 116 valence electrons. The van der Waals surface area contributed by atoms with Crippen molar-refractivity contribution in [1.82, 2.24) is 10.2 Å². The van der Waals surface area contributed by atoms with Crippen LogP contribution in [-0.4, -0.2) is 42.3 Å². The summed E-state index contributed by atoms with van der Waals surface area (Å²) in [4.78, 5) is 14.0. The Morgan fingerprint density at radius 2 is 2.10 bits per heavy atom. The number of aliphatic hydroxyl groups is 1. The van der Waals surface area contributed by atoms with Crippen LogP contribution >= 0.6 is 0 Å². The molecule has 0 unspecified atom stereocenters. The van der Waals surface area contributed by atoms with Crippen molar-refractivity contribution in [2.75, 3.05) is 26.3 Å². The lowest BCUT2D eigenvalue weighted by molar-refractivity contribution is 0.137. The Hall–Kier alpha value is -1.75. The molecule has 21 heavy (non-hydrogen) atoms. The molecule has 1 aliphatic rings. The van der Waals surface area contributed by atoms with E-state index < -0.39 is 0 Å². The number of para-hydroxylation sites is 1. The molecule has 5 heteroatoms. The number of urea groups is 1. The molecule has 2 amide bonds. The van der Waals surface area contributed by atoms with Gasteiger partial charge in [-0.25, -0.2) is 4.79 Å². The number of rotatable bonds is 5. The molecule has 2 N–H and O–H groups in total. The fourth-order valence-electron chi connectivity index (χ4n) is 2.55. The zero-order valence-electron chi connectivity index (χ0n) is 12.5. The standard InChI is InChI=1S/C16H24N2O3/c1-2-21-15-6-4-3-5-14(15)11-17-16(20)18-9-7-13(12-19)8-10-18/h3-6,13,19H,2,7-12H2,1H3,(H,17,20). The number of hydrogen-bond acceptors (Lipinski definition) is 3. The molecule has 0 bridgehead atoms. The number of nitrogens with one attached hydrogen (secondary N) is 1. The lowest BCUT2D eigenvalue weighted by Crippen LogP contribution is -2.44. The van der Waals surface area contributed by atoms with Crippen molar-refractivity contribution in [2.24, 2.45) is 5.92 Å². The molecular formula is C16H24N2O3. The van der Waals surface area contributed by atoms with Crippen molar-refractivity contribution in [3.8, 4) is 5.75 Å². The molecule has 0 aromatic heterocycles. The van der Waals surface area contributed by atoms with Gasteiger partial charge in [0.15, 0.2) is 0 Å². The summed E-state index contributed by atoms with van der Waals surface area (Å²) in [6.45, 7) is 4.67. The van der Waals surface area contributed by atoms with E-state index in [-0.39, 0.29) is 12.6 Å². The highest BCUT2D eigenvalue weighted by Gasteiger charge is 2.22. The number of aliphatic hydroxyl groups excluding tert-OH is 1. The van der Waals surface area contributed by atoms with Gasteiger partial charge in [-0.15, -0.1) is 0 Å². The van der Waals surface area contributed by atoms with Gasteiger partial charge in [-0.05, 0) is 31.7 Å². The topological polar surface area (TPSA) is 61.8 Å². The van der Waals surface area contributed by atoms with Crippen molar-refractivity contribution in [3.63, 3.8) is 0 Å². The van der Waals surface area contributed by atoms with Crippen LogP contribution in [0.3, 0.4) is 0 Å². The predicted molar refractivity (Wildman–Crippen MR) is 81.2 cm³/mol. The Morgan fingerprint density at radius 1 is 1.38 bits per heavy atom. The van der Waals surface area contributed by atoms with Crippen LogP contribution in [0, 0.1) is 5.92 Å². The Kier molecular flexibility index (Phi) is 5.87. The zero-order valence-corrected chi connectivity index (χ0v) is 12.5. The second-order valence-electron chi connectivity index (χ2n) is 5.31. The molecule has 0 radical (unpaired) electrons.